The Morgan fingerprint density at radius 1 is 1.03 bits per heavy atom. The zero-order valence-electron chi connectivity index (χ0n) is 18.9. The predicted octanol–water partition coefficient (Wildman–Crippen LogP) is 3.66. The normalized spacial score (nSPS) is 15.1. The lowest BCUT2D eigenvalue weighted by Crippen LogP contribution is -2.46. The van der Waals surface area contributed by atoms with E-state index in [4.69, 9.17) is 0 Å². The van der Waals surface area contributed by atoms with Crippen molar-refractivity contribution in [3.63, 3.8) is 0 Å². The van der Waals surface area contributed by atoms with Gasteiger partial charge >= 0.3 is 0 Å². The van der Waals surface area contributed by atoms with Crippen LogP contribution in [-0.2, 0) is 14.8 Å². The Balaban J connectivity index is 1.39. The zero-order chi connectivity index (χ0) is 24.3. The van der Waals surface area contributed by atoms with E-state index in [0.29, 0.717) is 42.2 Å². The lowest BCUT2D eigenvalue weighted by molar-refractivity contribution is -0.114. The molecule has 1 aliphatic heterocycles. The highest BCUT2D eigenvalue weighted by molar-refractivity contribution is 7.89. The minimum atomic E-state index is -3.65. The molecule has 2 N–H and O–H groups in total. The Kier molecular flexibility index (Phi) is 7.11. The Bertz CT molecular complexity index is 1280. The molecule has 2 aromatic carbocycles. The number of thiazole rings is 1. The van der Waals surface area contributed by atoms with Gasteiger partial charge in [0, 0.05) is 37.3 Å². The summed E-state index contributed by atoms with van der Waals surface area (Å²) in [5.41, 5.74) is 2.10. The summed E-state index contributed by atoms with van der Waals surface area (Å²) in [6, 6.07) is 15.6. The van der Waals surface area contributed by atoms with Gasteiger partial charge in [-0.2, -0.15) is 4.31 Å². The van der Waals surface area contributed by atoms with Gasteiger partial charge in [-0.05, 0) is 44.0 Å². The van der Waals surface area contributed by atoms with Crippen LogP contribution < -0.4 is 10.6 Å². The van der Waals surface area contributed by atoms with E-state index in [0.717, 1.165) is 10.6 Å². The van der Waals surface area contributed by atoms with Crippen LogP contribution in [-0.4, -0.2) is 48.7 Å². The Labute approximate surface area is 203 Å². The number of nitrogens with one attached hydrogen (secondary N) is 2. The van der Waals surface area contributed by atoms with Crippen molar-refractivity contribution in [3.05, 3.63) is 64.5 Å². The van der Waals surface area contributed by atoms with Crippen LogP contribution in [0.15, 0.2) is 59.5 Å². The quantitative estimate of drug-likeness (QED) is 0.539. The topological polar surface area (TPSA) is 108 Å². The average Bonchev–Trinajstić information content (AvgIpc) is 3.22. The number of benzene rings is 2. The maximum atomic E-state index is 13.0. The highest BCUT2D eigenvalue weighted by atomic mass is 32.2. The van der Waals surface area contributed by atoms with E-state index in [9.17, 15) is 18.0 Å². The van der Waals surface area contributed by atoms with Gasteiger partial charge in [0.25, 0.3) is 5.91 Å². The minimum Gasteiger partial charge on any atom is -0.348 e. The molecule has 1 aliphatic rings. The molecule has 2 amide bonds. The third-order valence-corrected chi connectivity index (χ3v) is 8.47. The summed E-state index contributed by atoms with van der Waals surface area (Å²) < 4.78 is 27.5. The van der Waals surface area contributed by atoms with E-state index in [1.165, 1.54) is 34.7 Å². The first-order valence-electron chi connectivity index (χ1n) is 11.0. The van der Waals surface area contributed by atoms with Crippen LogP contribution in [0.4, 0.5) is 5.69 Å². The van der Waals surface area contributed by atoms with Crippen LogP contribution in [0.2, 0.25) is 0 Å². The lowest BCUT2D eigenvalue weighted by Gasteiger charge is -2.31. The number of aromatic nitrogens is 1. The molecule has 0 saturated carbocycles. The largest absolute Gasteiger partial charge is 0.348 e. The molecule has 3 aromatic rings. The Morgan fingerprint density at radius 3 is 2.29 bits per heavy atom. The van der Waals surface area contributed by atoms with Crippen molar-refractivity contribution >= 4 is 38.9 Å². The van der Waals surface area contributed by atoms with Gasteiger partial charge in [0.1, 0.15) is 4.88 Å². The molecular weight excluding hydrogens is 472 g/mol. The van der Waals surface area contributed by atoms with Gasteiger partial charge in [-0.25, -0.2) is 13.4 Å². The van der Waals surface area contributed by atoms with Crippen molar-refractivity contribution in [1.29, 1.82) is 0 Å². The van der Waals surface area contributed by atoms with Crippen molar-refractivity contribution in [2.45, 2.75) is 37.6 Å². The summed E-state index contributed by atoms with van der Waals surface area (Å²) in [4.78, 5) is 29.5. The SMILES string of the molecule is CC(=O)Nc1ccc(S(=O)(=O)N2CCC(NC(=O)c3sc(C)nc3-c3ccccc3)CC2)cc1. The summed E-state index contributed by atoms with van der Waals surface area (Å²) in [6.45, 7) is 3.90. The van der Waals surface area contributed by atoms with Crippen LogP contribution in [0.25, 0.3) is 11.3 Å². The Morgan fingerprint density at radius 2 is 1.68 bits per heavy atom. The molecule has 178 valence electrons. The molecule has 2 heterocycles. The second-order valence-electron chi connectivity index (χ2n) is 8.13. The highest BCUT2D eigenvalue weighted by Gasteiger charge is 2.31. The van der Waals surface area contributed by atoms with Gasteiger partial charge < -0.3 is 10.6 Å². The van der Waals surface area contributed by atoms with Crippen molar-refractivity contribution in [1.82, 2.24) is 14.6 Å². The number of sulfonamides is 1. The van der Waals surface area contributed by atoms with E-state index >= 15 is 0 Å². The fourth-order valence-electron chi connectivity index (χ4n) is 3.93. The third-order valence-electron chi connectivity index (χ3n) is 5.59. The van der Waals surface area contributed by atoms with Crippen molar-refractivity contribution in [2.75, 3.05) is 18.4 Å². The number of amides is 2. The molecule has 1 aromatic heterocycles. The highest BCUT2D eigenvalue weighted by Crippen LogP contribution is 2.28. The number of nitrogens with zero attached hydrogens (tertiary/aromatic N) is 2. The number of aryl methyl sites for hydroxylation is 1. The molecule has 0 radical (unpaired) electrons. The van der Waals surface area contributed by atoms with Crippen LogP contribution in [0, 0.1) is 6.92 Å². The summed E-state index contributed by atoms with van der Waals surface area (Å²) in [5, 5.41) is 6.51. The van der Waals surface area contributed by atoms with Crippen LogP contribution in [0.3, 0.4) is 0 Å². The molecule has 1 saturated heterocycles. The number of anilines is 1. The molecule has 0 bridgehead atoms. The summed E-state index contributed by atoms with van der Waals surface area (Å²) in [5.74, 6) is -0.400. The second-order valence-corrected chi connectivity index (χ2v) is 11.3. The minimum absolute atomic E-state index is 0.118. The van der Waals surface area contributed by atoms with Crippen LogP contribution in [0.1, 0.15) is 34.4 Å². The van der Waals surface area contributed by atoms with E-state index in [-0.39, 0.29) is 22.8 Å². The average molecular weight is 499 g/mol. The van der Waals surface area contributed by atoms with E-state index < -0.39 is 10.0 Å². The first-order valence-corrected chi connectivity index (χ1v) is 13.2. The predicted molar refractivity (Wildman–Crippen MR) is 132 cm³/mol. The molecule has 0 aliphatic carbocycles. The van der Waals surface area contributed by atoms with E-state index in [1.54, 1.807) is 12.1 Å². The van der Waals surface area contributed by atoms with Crippen LogP contribution >= 0.6 is 11.3 Å². The molecule has 0 spiro atoms. The van der Waals surface area contributed by atoms with E-state index in [2.05, 4.69) is 15.6 Å². The van der Waals surface area contributed by atoms with Gasteiger partial charge in [-0.15, -0.1) is 11.3 Å². The van der Waals surface area contributed by atoms with Gasteiger partial charge in [0.05, 0.1) is 15.6 Å². The fourth-order valence-corrected chi connectivity index (χ4v) is 6.24. The van der Waals surface area contributed by atoms with E-state index in [1.807, 2.05) is 37.3 Å². The lowest BCUT2D eigenvalue weighted by atomic mass is 10.1. The van der Waals surface area contributed by atoms with Gasteiger partial charge in [-0.3, -0.25) is 9.59 Å². The smallest absolute Gasteiger partial charge is 0.263 e. The number of hydrogen-bond acceptors (Lipinski definition) is 6. The molecule has 8 nitrogen and oxygen atoms in total. The molecule has 34 heavy (non-hydrogen) atoms. The number of hydrogen-bond donors (Lipinski definition) is 2. The molecule has 0 atom stereocenters. The third kappa shape index (κ3) is 5.35. The molecule has 10 heteroatoms. The molecular formula is C24H26N4O4S2. The first kappa shape index (κ1) is 24.1. The summed E-state index contributed by atoms with van der Waals surface area (Å²) >= 11 is 1.36. The number of carbonyl (C=O) groups is 2. The van der Waals surface area contributed by atoms with Crippen molar-refractivity contribution < 1.29 is 18.0 Å². The van der Waals surface area contributed by atoms with Gasteiger partial charge in [0.2, 0.25) is 15.9 Å². The zero-order valence-corrected chi connectivity index (χ0v) is 20.6. The van der Waals surface area contributed by atoms with Crippen molar-refractivity contribution in [3.8, 4) is 11.3 Å². The van der Waals surface area contributed by atoms with Crippen molar-refractivity contribution in [2.24, 2.45) is 0 Å². The second kappa shape index (κ2) is 10.0. The van der Waals surface area contributed by atoms with Gasteiger partial charge in [-0.1, -0.05) is 30.3 Å². The summed E-state index contributed by atoms with van der Waals surface area (Å²) in [6.07, 6.45) is 1.04. The first-order chi connectivity index (χ1) is 16.2. The molecule has 4 rings (SSSR count). The number of rotatable bonds is 6. The maximum Gasteiger partial charge on any atom is 0.263 e. The number of carbonyl (C=O) groups excluding carboxylic acids is 2. The monoisotopic (exact) mass is 498 g/mol. The van der Waals surface area contributed by atoms with Gasteiger partial charge in [0.15, 0.2) is 0 Å². The maximum absolute atomic E-state index is 13.0. The Hall–Kier alpha value is -3.08. The standard InChI is InChI=1S/C24H26N4O4S2/c1-16(29)25-19-8-10-21(11-9-19)34(31,32)28-14-12-20(13-15-28)27-24(30)23-22(26-17(2)33-23)18-6-4-3-5-7-18/h3-11,20H,12-15H2,1-2H3,(H,25,29)(H,27,30). The molecule has 1 fully saturated rings. The molecule has 0 unspecified atom stereocenters. The number of piperidine rings is 1. The van der Waals surface area contributed by atoms with Crippen LogP contribution in [0.5, 0.6) is 0 Å². The summed E-state index contributed by atoms with van der Waals surface area (Å²) in [7, 11) is -3.65. The fraction of sp³-hybridized carbons (Fsp3) is 0.292.